The maximum Gasteiger partial charge on any atom is 0.244 e. The van der Waals surface area contributed by atoms with Crippen molar-refractivity contribution in [3.8, 4) is 17.1 Å². The SMILES string of the molecule is COc1cc(C)c(C)cc1-c1noc(C(N)C(C)C)n1. The van der Waals surface area contributed by atoms with E-state index in [4.69, 9.17) is 15.0 Å². The molecular formula is C15H21N3O2. The third kappa shape index (κ3) is 2.67. The van der Waals surface area contributed by atoms with E-state index in [1.165, 1.54) is 0 Å². The Bertz CT molecular complexity index is 605. The average molecular weight is 275 g/mol. The van der Waals surface area contributed by atoms with E-state index in [1.807, 2.05) is 39.8 Å². The molecule has 1 heterocycles. The van der Waals surface area contributed by atoms with Gasteiger partial charge >= 0.3 is 0 Å². The Balaban J connectivity index is 2.44. The van der Waals surface area contributed by atoms with Crippen LogP contribution in [0.15, 0.2) is 16.7 Å². The Morgan fingerprint density at radius 2 is 1.85 bits per heavy atom. The number of aryl methyl sites for hydroxylation is 2. The first-order valence-electron chi connectivity index (χ1n) is 6.68. The van der Waals surface area contributed by atoms with Crippen LogP contribution in [0.1, 0.15) is 36.9 Å². The Kier molecular flexibility index (Phi) is 4.09. The number of rotatable bonds is 4. The molecule has 0 bridgehead atoms. The number of aromatic nitrogens is 2. The summed E-state index contributed by atoms with van der Waals surface area (Å²) in [6.45, 7) is 8.12. The van der Waals surface area contributed by atoms with Gasteiger partial charge < -0.3 is 15.0 Å². The van der Waals surface area contributed by atoms with Gasteiger partial charge in [0.15, 0.2) is 0 Å². The number of methoxy groups -OCH3 is 1. The molecule has 1 unspecified atom stereocenters. The van der Waals surface area contributed by atoms with E-state index >= 15 is 0 Å². The topological polar surface area (TPSA) is 74.2 Å². The Morgan fingerprint density at radius 1 is 1.20 bits per heavy atom. The molecule has 0 aliphatic rings. The second-order valence-electron chi connectivity index (χ2n) is 5.36. The number of nitrogens with zero attached hydrogens (tertiary/aromatic N) is 2. The summed E-state index contributed by atoms with van der Waals surface area (Å²) in [5.74, 6) is 1.94. The van der Waals surface area contributed by atoms with Crippen LogP contribution in [0, 0.1) is 19.8 Å². The van der Waals surface area contributed by atoms with E-state index in [1.54, 1.807) is 7.11 Å². The lowest BCUT2D eigenvalue weighted by Crippen LogP contribution is -2.16. The molecule has 108 valence electrons. The van der Waals surface area contributed by atoms with Crippen LogP contribution in [0.3, 0.4) is 0 Å². The number of hydrogen-bond acceptors (Lipinski definition) is 5. The summed E-state index contributed by atoms with van der Waals surface area (Å²) in [6, 6.07) is 3.72. The normalized spacial score (nSPS) is 12.8. The highest BCUT2D eigenvalue weighted by Crippen LogP contribution is 2.31. The lowest BCUT2D eigenvalue weighted by molar-refractivity contribution is 0.325. The summed E-state index contributed by atoms with van der Waals surface area (Å²) in [5, 5.41) is 4.02. The van der Waals surface area contributed by atoms with Gasteiger partial charge in [0.25, 0.3) is 0 Å². The summed E-state index contributed by atoms with van der Waals surface area (Å²) in [5.41, 5.74) is 9.16. The molecule has 2 N–H and O–H groups in total. The molecule has 0 radical (unpaired) electrons. The minimum absolute atomic E-state index is 0.241. The van der Waals surface area contributed by atoms with E-state index in [-0.39, 0.29) is 12.0 Å². The summed E-state index contributed by atoms with van der Waals surface area (Å²) in [6.07, 6.45) is 0. The molecule has 1 aromatic heterocycles. The number of hydrogen-bond donors (Lipinski definition) is 1. The molecule has 0 spiro atoms. The predicted molar refractivity (Wildman–Crippen MR) is 77.5 cm³/mol. The van der Waals surface area contributed by atoms with Crippen LogP contribution in [0.2, 0.25) is 0 Å². The lowest BCUT2D eigenvalue weighted by atomic mass is 10.0. The Hall–Kier alpha value is -1.88. The van der Waals surface area contributed by atoms with Crippen LogP contribution >= 0.6 is 0 Å². The monoisotopic (exact) mass is 275 g/mol. The standard InChI is InChI=1S/C15H21N3O2/c1-8(2)13(16)15-17-14(18-20-15)11-6-9(3)10(4)7-12(11)19-5/h6-8,13H,16H2,1-5H3. The van der Waals surface area contributed by atoms with Crippen molar-refractivity contribution in [2.75, 3.05) is 7.11 Å². The largest absolute Gasteiger partial charge is 0.496 e. The van der Waals surface area contributed by atoms with Crippen LogP contribution in [-0.4, -0.2) is 17.3 Å². The Morgan fingerprint density at radius 3 is 2.45 bits per heavy atom. The molecule has 5 heteroatoms. The van der Waals surface area contributed by atoms with E-state index in [0.717, 1.165) is 22.4 Å². The van der Waals surface area contributed by atoms with Crippen molar-refractivity contribution in [1.29, 1.82) is 0 Å². The van der Waals surface area contributed by atoms with Gasteiger partial charge in [-0.15, -0.1) is 0 Å². The molecule has 20 heavy (non-hydrogen) atoms. The van der Waals surface area contributed by atoms with Crippen molar-refractivity contribution in [2.24, 2.45) is 11.7 Å². The smallest absolute Gasteiger partial charge is 0.244 e. The molecular weight excluding hydrogens is 254 g/mol. The van der Waals surface area contributed by atoms with Crippen LogP contribution in [-0.2, 0) is 0 Å². The zero-order chi connectivity index (χ0) is 14.9. The molecule has 0 aliphatic carbocycles. The minimum Gasteiger partial charge on any atom is -0.496 e. The van der Waals surface area contributed by atoms with Crippen molar-refractivity contribution in [3.63, 3.8) is 0 Å². The maximum atomic E-state index is 6.03. The van der Waals surface area contributed by atoms with Crippen molar-refractivity contribution < 1.29 is 9.26 Å². The van der Waals surface area contributed by atoms with Gasteiger partial charge in [-0.25, -0.2) is 0 Å². The molecule has 0 saturated heterocycles. The molecule has 5 nitrogen and oxygen atoms in total. The predicted octanol–water partition coefficient (Wildman–Crippen LogP) is 3.02. The van der Waals surface area contributed by atoms with Gasteiger partial charge in [-0.3, -0.25) is 0 Å². The van der Waals surface area contributed by atoms with Crippen LogP contribution in [0.25, 0.3) is 11.4 Å². The second-order valence-corrected chi connectivity index (χ2v) is 5.36. The number of nitrogens with two attached hydrogens (primary N) is 1. The summed E-state index contributed by atoms with van der Waals surface area (Å²) in [4.78, 5) is 4.40. The van der Waals surface area contributed by atoms with Crippen molar-refractivity contribution in [3.05, 3.63) is 29.2 Å². The van der Waals surface area contributed by atoms with Gasteiger partial charge in [0.05, 0.1) is 18.7 Å². The highest BCUT2D eigenvalue weighted by molar-refractivity contribution is 5.66. The minimum atomic E-state index is -0.256. The zero-order valence-corrected chi connectivity index (χ0v) is 12.6. The summed E-state index contributed by atoms with van der Waals surface area (Å²) in [7, 11) is 1.63. The van der Waals surface area contributed by atoms with E-state index < -0.39 is 0 Å². The third-order valence-electron chi connectivity index (χ3n) is 3.50. The first kappa shape index (κ1) is 14.5. The van der Waals surface area contributed by atoms with Gasteiger partial charge in [-0.1, -0.05) is 19.0 Å². The first-order chi connectivity index (χ1) is 9.43. The average Bonchev–Trinajstić information content (AvgIpc) is 2.89. The third-order valence-corrected chi connectivity index (χ3v) is 3.50. The van der Waals surface area contributed by atoms with Gasteiger partial charge in [0.2, 0.25) is 11.7 Å². The molecule has 0 amide bonds. The molecule has 0 aliphatic heterocycles. The molecule has 0 saturated carbocycles. The summed E-state index contributed by atoms with van der Waals surface area (Å²) >= 11 is 0. The number of ether oxygens (including phenoxy) is 1. The summed E-state index contributed by atoms with van der Waals surface area (Å²) < 4.78 is 10.7. The lowest BCUT2D eigenvalue weighted by Gasteiger charge is -2.10. The van der Waals surface area contributed by atoms with Crippen LogP contribution < -0.4 is 10.5 Å². The second kappa shape index (κ2) is 5.63. The van der Waals surface area contributed by atoms with Gasteiger partial charge in [0.1, 0.15) is 5.75 Å². The fourth-order valence-electron chi connectivity index (χ4n) is 1.90. The van der Waals surface area contributed by atoms with Crippen molar-refractivity contribution in [2.45, 2.75) is 33.7 Å². The molecule has 2 rings (SSSR count). The van der Waals surface area contributed by atoms with Crippen LogP contribution in [0.4, 0.5) is 0 Å². The number of benzene rings is 1. The molecule has 0 fully saturated rings. The van der Waals surface area contributed by atoms with Gasteiger partial charge in [-0.2, -0.15) is 4.98 Å². The van der Waals surface area contributed by atoms with Gasteiger partial charge in [0, 0.05) is 0 Å². The molecule has 2 aromatic rings. The fraction of sp³-hybridized carbons (Fsp3) is 0.467. The first-order valence-corrected chi connectivity index (χ1v) is 6.68. The van der Waals surface area contributed by atoms with Gasteiger partial charge in [-0.05, 0) is 43.0 Å². The highest BCUT2D eigenvalue weighted by Gasteiger charge is 2.20. The van der Waals surface area contributed by atoms with E-state index in [0.29, 0.717) is 11.7 Å². The fourth-order valence-corrected chi connectivity index (χ4v) is 1.90. The quantitative estimate of drug-likeness (QED) is 0.928. The maximum absolute atomic E-state index is 6.03. The van der Waals surface area contributed by atoms with E-state index in [9.17, 15) is 0 Å². The highest BCUT2D eigenvalue weighted by atomic mass is 16.5. The van der Waals surface area contributed by atoms with Crippen LogP contribution in [0.5, 0.6) is 5.75 Å². The molecule has 1 atom stereocenters. The Labute approximate surface area is 119 Å². The van der Waals surface area contributed by atoms with E-state index in [2.05, 4.69) is 10.1 Å². The van der Waals surface area contributed by atoms with Crippen molar-refractivity contribution >= 4 is 0 Å². The molecule has 1 aromatic carbocycles. The zero-order valence-electron chi connectivity index (χ0n) is 12.6. The van der Waals surface area contributed by atoms with Crippen molar-refractivity contribution in [1.82, 2.24) is 10.1 Å².